The lowest BCUT2D eigenvalue weighted by Gasteiger charge is -2.26. The lowest BCUT2D eigenvalue weighted by Crippen LogP contribution is -2.44. The van der Waals surface area contributed by atoms with Crippen LogP contribution >= 0.6 is 24.0 Å². The quantitative estimate of drug-likeness (QED) is 0.299. The summed E-state index contributed by atoms with van der Waals surface area (Å²) in [6.07, 6.45) is 0. The number of hydrogen-bond donors (Lipinski definition) is 2. The second-order valence-corrected chi connectivity index (χ2v) is 6.11. The minimum absolute atomic E-state index is 0. The molecule has 0 spiro atoms. The third-order valence-electron chi connectivity index (χ3n) is 4.31. The van der Waals surface area contributed by atoms with E-state index in [1.54, 1.807) is 21.3 Å². The number of halogens is 1. The van der Waals surface area contributed by atoms with Crippen molar-refractivity contribution >= 4 is 29.9 Å². The highest BCUT2D eigenvalue weighted by atomic mass is 127. The van der Waals surface area contributed by atoms with Gasteiger partial charge in [-0.15, -0.1) is 24.0 Å². The van der Waals surface area contributed by atoms with Crippen molar-refractivity contribution in [1.82, 2.24) is 15.5 Å². The summed E-state index contributed by atoms with van der Waals surface area (Å²) in [5, 5.41) is 6.67. The zero-order valence-electron chi connectivity index (χ0n) is 17.2. The molecule has 1 fully saturated rings. The number of guanidine groups is 1. The van der Waals surface area contributed by atoms with E-state index in [4.69, 9.17) is 18.9 Å². The Morgan fingerprint density at radius 1 is 1.07 bits per heavy atom. The number of morpholine rings is 1. The summed E-state index contributed by atoms with van der Waals surface area (Å²) in [6.45, 7) is 8.77. The first-order valence-corrected chi connectivity index (χ1v) is 9.33. The van der Waals surface area contributed by atoms with Crippen molar-refractivity contribution in [3.8, 4) is 17.2 Å². The van der Waals surface area contributed by atoms with Gasteiger partial charge in [-0.2, -0.15) is 0 Å². The molecule has 1 heterocycles. The Balaban J connectivity index is 0.00000392. The molecule has 9 heteroatoms. The molecule has 1 aliphatic rings. The van der Waals surface area contributed by atoms with Crippen LogP contribution in [0.2, 0.25) is 0 Å². The topological polar surface area (TPSA) is 76.6 Å². The number of ether oxygens (including phenoxy) is 4. The molecular formula is C19H33IN4O4. The number of nitrogens with zero attached hydrogens (tertiary/aromatic N) is 2. The van der Waals surface area contributed by atoms with E-state index in [0.29, 0.717) is 23.8 Å². The van der Waals surface area contributed by atoms with Gasteiger partial charge in [-0.3, -0.25) is 4.90 Å². The molecule has 0 aliphatic carbocycles. The summed E-state index contributed by atoms with van der Waals surface area (Å²) in [5.74, 6) is 2.64. The molecule has 160 valence electrons. The highest BCUT2D eigenvalue weighted by Crippen LogP contribution is 2.38. The van der Waals surface area contributed by atoms with Crippen LogP contribution in [0.15, 0.2) is 17.1 Å². The summed E-state index contributed by atoms with van der Waals surface area (Å²) in [7, 11) is 4.82. The molecule has 0 bridgehead atoms. The van der Waals surface area contributed by atoms with Gasteiger partial charge in [0.25, 0.3) is 0 Å². The van der Waals surface area contributed by atoms with Crippen LogP contribution in [-0.2, 0) is 11.3 Å². The highest BCUT2D eigenvalue weighted by molar-refractivity contribution is 14.0. The van der Waals surface area contributed by atoms with E-state index in [1.807, 2.05) is 12.1 Å². The SMILES string of the molecule is CCNC(=NCc1cc(OC)c(OC)c(OC)c1)NCCN1CCOCC1.I. The fraction of sp³-hybridized carbons (Fsp3) is 0.632. The Morgan fingerprint density at radius 3 is 2.25 bits per heavy atom. The molecule has 0 atom stereocenters. The van der Waals surface area contributed by atoms with E-state index >= 15 is 0 Å². The van der Waals surface area contributed by atoms with Crippen molar-refractivity contribution in [3.63, 3.8) is 0 Å². The second kappa shape index (κ2) is 13.7. The first-order chi connectivity index (χ1) is 13.2. The van der Waals surface area contributed by atoms with Crippen molar-refractivity contribution in [2.24, 2.45) is 4.99 Å². The molecule has 1 saturated heterocycles. The van der Waals surface area contributed by atoms with Crippen molar-refractivity contribution in [2.45, 2.75) is 13.5 Å². The van der Waals surface area contributed by atoms with E-state index in [-0.39, 0.29) is 24.0 Å². The minimum Gasteiger partial charge on any atom is -0.493 e. The van der Waals surface area contributed by atoms with Gasteiger partial charge in [0.15, 0.2) is 17.5 Å². The molecule has 1 aromatic carbocycles. The molecule has 1 aromatic rings. The molecular weight excluding hydrogens is 475 g/mol. The summed E-state index contributed by atoms with van der Waals surface area (Å²) in [5.41, 5.74) is 0.981. The summed E-state index contributed by atoms with van der Waals surface area (Å²) in [6, 6.07) is 3.84. The van der Waals surface area contributed by atoms with E-state index in [0.717, 1.165) is 57.5 Å². The van der Waals surface area contributed by atoms with Crippen molar-refractivity contribution < 1.29 is 18.9 Å². The van der Waals surface area contributed by atoms with Crippen LogP contribution in [0.25, 0.3) is 0 Å². The van der Waals surface area contributed by atoms with Gasteiger partial charge in [-0.1, -0.05) is 0 Å². The molecule has 0 amide bonds. The van der Waals surface area contributed by atoms with Gasteiger partial charge >= 0.3 is 0 Å². The number of hydrogen-bond acceptors (Lipinski definition) is 6. The third-order valence-corrected chi connectivity index (χ3v) is 4.31. The lowest BCUT2D eigenvalue weighted by molar-refractivity contribution is 0.0389. The molecule has 0 saturated carbocycles. The molecule has 28 heavy (non-hydrogen) atoms. The smallest absolute Gasteiger partial charge is 0.203 e. The molecule has 0 unspecified atom stereocenters. The second-order valence-electron chi connectivity index (χ2n) is 6.11. The zero-order chi connectivity index (χ0) is 19.5. The average molecular weight is 508 g/mol. The largest absolute Gasteiger partial charge is 0.493 e. The third kappa shape index (κ3) is 7.51. The Bertz CT molecular complexity index is 585. The van der Waals surface area contributed by atoms with E-state index in [2.05, 4.69) is 27.4 Å². The Kier molecular flexibility index (Phi) is 12.0. The van der Waals surface area contributed by atoms with Gasteiger partial charge in [0.1, 0.15) is 0 Å². The number of aliphatic imine (C=N–C) groups is 1. The molecule has 8 nitrogen and oxygen atoms in total. The average Bonchev–Trinajstić information content (AvgIpc) is 2.71. The normalized spacial score (nSPS) is 14.8. The zero-order valence-corrected chi connectivity index (χ0v) is 19.6. The van der Waals surface area contributed by atoms with Crippen molar-refractivity contribution in [3.05, 3.63) is 17.7 Å². The van der Waals surface area contributed by atoms with Crippen LogP contribution in [0.3, 0.4) is 0 Å². The van der Waals surface area contributed by atoms with Gasteiger partial charge in [-0.25, -0.2) is 4.99 Å². The van der Waals surface area contributed by atoms with Gasteiger partial charge in [0.05, 0.1) is 41.1 Å². The molecule has 0 aromatic heterocycles. The van der Waals surface area contributed by atoms with Crippen LogP contribution in [0.4, 0.5) is 0 Å². The van der Waals surface area contributed by atoms with Crippen LogP contribution in [0, 0.1) is 0 Å². The van der Waals surface area contributed by atoms with Crippen LogP contribution in [0.1, 0.15) is 12.5 Å². The Labute approximate surface area is 185 Å². The number of benzene rings is 1. The predicted molar refractivity (Wildman–Crippen MR) is 122 cm³/mol. The van der Waals surface area contributed by atoms with Gasteiger partial charge in [0.2, 0.25) is 5.75 Å². The fourth-order valence-corrected chi connectivity index (χ4v) is 2.90. The maximum atomic E-state index is 5.41. The van der Waals surface area contributed by atoms with E-state index in [9.17, 15) is 0 Å². The first kappa shape index (κ1) is 24.6. The summed E-state index contributed by atoms with van der Waals surface area (Å²) < 4.78 is 21.6. The Hall–Kier alpha value is -1.46. The van der Waals surface area contributed by atoms with E-state index < -0.39 is 0 Å². The van der Waals surface area contributed by atoms with Crippen LogP contribution in [0.5, 0.6) is 17.2 Å². The monoisotopic (exact) mass is 508 g/mol. The highest BCUT2D eigenvalue weighted by Gasteiger charge is 2.13. The van der Waals surface area contributed by atoms with Crippen LogP contribution in [-0.4, -0.2) is 78.1 Å². The van der Waals surface area contributed by atoms with Gasteiger partial charge in [0, 0.05) is 32.7 Å². The minimum atomic E-state index is 0. The van der Waals surface area contributed by atoms with Crippen LogP contribution < -0.4 is 24.8 Å². The van der Waals surface area contributed by atoms with E-state index in [1.165, 1.54) is 0 Å². The summed E-state index contributed by atoms with van der Waals surface area (Å²) in [4.78, 5) is 7.06. The number of nitrogens with one attached hydrogen (secondary N) is 2. The van der Waals surface area contributed by atoms with Gasteiger partial charge in [-0.05, 0) is 24.6 Å². The lowest BCUT2D eigenvalue weighted by atomic mass is 10.2. The Morgan fingerprint density at radius 2 is 1.71 bits per heavy atom. The molecule has 0 radical (unpaired) electrons. The number of rotatable bonds is 9. The first-order valence-electron chi connectivity index (χ1n) is 9.33. The predicted octanol–water partition coefficient (Wildman–Crippen LogP) is 1.72. The van der Waals surface area contributed by atoms with Gasteiger partial charge < -0.3 is 29.6 Å². The molecule has 2 rings (SSSR count). The molecule has 2 N–H and O–H groups in total. The fourth-order valence-electron chi connectivity index (χ4n) is 2.90. The van der Waals surface area contributed by atoms with Crippen molar-refractivity contribution in [2.75, 3.05) is 67.3 Å². The standard InChI is InChI=1S/C19H32N4O4.HI/c1-5-20-19(21-6-7-23-8-10-27-11-9-23)22-14-15-12-16(24-2)18(26-4)17(13-15)25-3;/h12-13H,5-11,14H2,1-4H3,(H2,20,21,22);1H. The number of methoxy groups -OCH3 is 3. The van der Waals surface area contributed by atoms with Crippen molar-refractivity contribution in [1.29, 1.82) is 0 Å². The summed E-state index contributed by atoms with van der Waals surface area (Å²) >= 11 is 0. The molecule has 1 aliphatic heterocycles. The maximum Gasteiger partial charge on any atom is 0.203 e. The maximum absolute atomic E-state index is 5.41.